The van der Waals surface area contributed by atoms with Gasteiger partial charge in [-0.25, -0.2) is 4.79 Å². The molecule has 7 heteroatoms. The Bertz CT molecular complexity index is 53.3. The van der Waals surface area contributed by atoms with Gasteiger partial charge in [0.25, 0.3) is 0 Å². The number of rotatable bonds is 0. The monoisotopic (exact) mass is 241 g/mol. The first-order valence-electron chi connectivity index (χ1n) is 0.651. The minimum Gasteiger partial charge on any atom is -1.00 e. The van der Waals surface area contributed by atoms with Gasteiger partial charge >= 0.3 is 66.9 Å². The summed E-state index contributed by atoms with van der Waals surface area (Å²) in [7, 11) is 0. The third-order valence-electron chi connectivity index (χ3n) is 0. The molecule has 0 aromatic rings. The second kappa shape index (κ2) is 22.8. The predicted molar refractivity (Wildman–Crippen MR) is 26.6 cm³/mol. The Labute approximate surface area is 120 Å². The first-order valence-corrected chi connectivity index (χ1v) is 0.651. The zero-order chi connectivity index (χ0) is 3.58. The summed E-state index contributed by atoms with van der Waals surface area (Å²) >= 11 is 0. The molecule has 0 amide bonds. The van der Waals surface area contributed by atoms with Gasteiger partial charge in [0.05, 0.1) is 0 Å². The molecule has 0 heterocycles. The molecular formula is CH6CaFeMgMnO3. The average Bonchev–Trinajstić information content (AvgIpc) is 0.811. The first-order chi connectivity index (χ1) is 1.73. The third-order valence-corrected chi connectivity index (χ3v) is 0. The largest absolute Gasteiger partial charge is 2.00 e. The van der Waals surface area contributed by atoms with Crippen LogP contribution in [0.1, 0.15) is 5.71 Å². The van der Waals surface area contributed by atoms with Crippen molar-refractivity contribution in [2.45, 2.75) is 0 Å². The van der Waals surface area contributed by atoms with Crippen LogP contribution < -0.4 is 0 Å². The topological polar surface area (TPSA) is 57.5 Å². The Morgan fingerprint density at radius 3 is 1.38 bits per heavy atom. The van der Waals surface area contributed by atoms with Gasteiger partial charge in [0.15, 0.2) is 0 Å². The molecule has 0 spiro atoms. The molecule has 47 valence electrons. The van der Waals surface area contributed by atoms with Crippen molar-refractivity contribution < 1.29 is 54.9 Å². The molecule has 0 atom stereocenters. The van der Waals surface area contributed by atoms with Crippen LogP contribution in [0.3, 0.4) is 0 Å². The summed E-state index contributed by atoms with van der Waals surface area (Å²) in [5, 5.41) is 13.9. The van der Waals surface area contributed by atoms with E-state index in [4.69, 9.17) is 15.0 Å². The minimum absolute atomic E-state index is 0. The Balaban J connectivity index is -0.00000000161. The van der Waals surface area contributed by atoms with Gasteiger partial charge in [0.2, 0.25) is 0 Å². The summed E-state index contributed by atoms with van der Waals surface area (Å²) in [6.45, 7) is 0. The van der Waals surface area contributed by atoms with E-state index in [9.17, 15) is 0 Å². The van der Waals surface area contributed by atoms with E-state index in [1.807, 2.05) is 0 Å². The zero-order valence-electron chi connectivity index (χ0n) is 7.95. The van der Waals surface area contributed by atoms with Gasteiger partial charge < -0.3 is 15.9 Å². The quantitative estimate of drug-likeness (QED) is 0.583. The van der Waals surface area contributed by atoms with E-state index >= 15 is 0 Å². The van der Waals surface area contributed by atoms with Crippen molar-refractivity contribution in [3.05, 3.63) is 0 Å². The number of carbonyl (C=O) groups is 1. The van der Waals surface area contributed by atoms with Gasteiger partial charge in [-0.15, -0.1) is 0 Å². The van der Waals surface area contributed by atoms with E-state index < -0.39 is 6.16 Å². The van der Waals surface area contributed by atoms with Gasteiger partial charge in [-0.3, -0.25) is 0 Å². The van der Waals surface area contributed by atoms with Crippen molar-refractivity contribution in [1.29, 1.82) is 0 Å². The Morgan fingerprint density at radius 1 is 1.38 bits per heavy atom. The van der Waals surface area contributed by atoms with Gasteiger partial charge in [-0.2, -0.15) is 0 Å². The van der Waals surface area contributed by atoms with E-state index in [0.29, 0.717) is 0 Å². The maximum absolute atomic E-state index is 8.56. The molecule has 0 aromatic carbocycles. The van der Waals surface area contributed by atoms with E-state index in [-0.39, 0.29) is 101 Å². The SMILES string of the molecule is O=C(O)O.[Ca+2].[Fe].[H-].[H-].[H-].[H-].[Mg+2].[Mn]. The average molecular weight is 241 g/mol. The van der Waals surface area contributed by atoms with Crippen LogP contribution in [0.5, 0.6) is 0 Å². The maximum Gasteiger partial charge on any atom is 2.00 e. The van der Waals surface area contributed by atoms with E-state index in [1.54, 1.807) is 0 Å². The molecule has 0 bridgehead atoms. The Hall–Kier alpha value is 2.33. The summed E-state index contributed by atoms with van der Waals surface area (Å²) < 4.78 is 0. The molecule has 0 aliphatic rings. The number of hydrogen-bond donors (Lipinski definition) is 2. The van der Waals surface area contributed by atoms with Gasteiger partial charge in [0, 0.05) is 34.1 Å². The molecule has 8 heavy (non-hydrogen) atoms. The maximum atomic E-state index is 8.56. The summed E-state index contributed by atoms with van der Waals surface area (Å²) in [6.07, 6.45) is -1.83. The van der Waals surface area contributed by atoms with Gasteiger partial charge in [-0.05, 0) is 0 Å². The number of carboxylic acid groups (broad SMARTS) is 2. The molecule has 0 aromatic heterocycles. The van der Waals surface area contributed by atoms with Crippen LogP contribution in [0.25, 0.3) is 0 Å². The summed E-state index contributed by atoms with van der Waals surface area (Å²) in [5.74, 6) is 0. The molecule has 0 fully saturated rings. The molecule has 0 saturated heterocycles. The van der Waals surface area contributed by atoms with Crippen LogP contribution in [-0.2, 0) is 34.1 Å². The fourth-order valence-corrected chi connectivity index (χ4v) is 0. The zero-order valence-corrected chi connectivity index (χ0v) is 9.86. The molecule has 0 saturated carbocycles. The summed E-state index contributed by atoms with van der Waals surface area (Å²) in [5.41, 5.74) is 0. The van der Waals surface area contributed by atoms with Crippen molar-refractivity contribution in [1.82, 2.24) is 0 Å². The van der Waals surface area contributed by atoms with Crippen LogP contribution in [0.15, 0.2) is 0 Å². The number of hydrogen-bond acceptors (Lipinski definition) is 1. The molecule has 0 unspecified atom stereocenters. The minimum atomic E-state index is -1.83. The van der Waals surface area contributed by atoms with Crippen LogP contribution in [-0.4, -0.2) is 77.2 Å². The van der Waals surface area contributed by atoms with Crippen molar-refractivity contribution in [3.63, 3.8) is 0 Å². The van der Waals surface area contributed by atoms with E-state index in [2.05, 4.69) is 0 Å². The van der Waals surface area contributed by atoms with Gasteiger partial charge in [-0.1, -0.05) is 0 Å². The van der Waals surface area contributed by atoms with E-state index in [0.717, 1.165) is 0 Å². The summed E-state index contributed by atoms with van der Waals surface area (Å²) in [4.78, 5) is 8.56. The molecular weight excluding hydrogens is 235 g/mol. The normalized spacial score (nSPS) is 3.00. The third kappa shape index (κ3) is 82.3. The molecule has 3 nitrogen and oxygen atoms in total. The molecule has 0 aliphatic heterocycles. The molecule has 2 N–H and O–H groups in total. The molecule has 0 aliphatic carbocycles. The Morgan fingerprint density at radius 2 is 1.38 bits per heavy atom. The molecule has 1 radical (unpaired) electrons. The second-order valence-electron chi connectivity index (χ2n) is 0.283. The van der Waals surface area contributed by atoms with Crippen molar-refractivity contribution in [3.8, 4) is 0 Å². The van der Waals surface area contributed by atoms with Crippen LogP contribution in [0.2, 0.25) is 0 Å². The van der Waals surface area contributed by atoms with E-state index in [1.165, 1.54) is 0 Å². The fraction of sp³-hybridized carbons (Fsp3) is 0. The van der Waals surface area contributed by atoms with Crippen molar-refractivity contribution in [2.75, 3.05) is 0 Å². The predicted octanol–water partition coefficient (Wildman–Crippen LogP) is -0.0942. The smallest absolute Gasteiger partial charge is 1.00 e. The second-order valence-corrected chi connectivity index (χ2v) is 0.283. The molecule has 0 rings (SSSR count). The van der Waals surface area contributed by atoms with Crippen LogP contribution in [0, 0.1) is 0 Å². The Kier molecular flexibility index (Phi) is 90.1. The standard InChI is InChI=1S/CH2O3.Ca.Fe.Mg.Mn.4H/c2-1(3)4;;;;;;;;/h(H2,2,3,4);;;;;;;;/q;+2;;+2;;4*-1. The summed E-state index contributed by atoms with van der Waals surface area (Å²) in [6, 6.07) is 0. The first kappa shape index (κ1) is 31.6. The van der Waals surface area contributed by atoms with Crippen molar-refractivity contribution in [2.24, 2.45) is 0 Å². The van der Waals surface area contributed by atoms with Crippen LogP contribution >= 0.6 is 0 Å². The fourth-order valence-electron chi connectivity index (χ4n) is 0. The van der Waals surface area contributed by atoms with Gasteiger partial charge in [0.1, 0.15) is 0 Å². The van der Waals surface area contributed by atoms with Crippen LogP contribution in [0.4, 0.5) is 4.79 Å². The van der Waals surface area contributed by atoms with Crippen molar-refractivity contribution >= 4 is 66.9 Å².